The molecule has 0 radical (unpaired) electrons. The number of ketones is 1. The molecular formula is C21H27NO2. The molecule has 2 saturated carbocycles. The molecule has 2 aliphatic rings. The lowest BCUT2D eigenvalue weighted by molar-refractivity contribution is -0.114. The average molecular weight is 325 g/mol. The van der Waals surface area contributed by atoms with Gasteiger partial charge in [-0.1, -0.05) is 31.9 Å². The molecule has 3 heteroatoms. The van der Waals surface area contributed by atoms with E-state index in [2.05, 4.69) is 18.0 Å². The summed E-state index contributed by atoms with van der Waals surface area (Å²) in [5, 5.41) is 2.71. The van der Waals surface area contributed by atoms with Gasteiger partial charge in [-0.2, -0.15) is 0 Å². The lowest BCUT2D eigenvalue weighted by Crippen LogP contribution is -2.21. The molecule has 0 aliphatic heterocycles. The van der Waals surface area contributed by atoms with Gasteiger partial charge in [-0.15, -0.1) is 0 Å². The van der Waals surface area contributed by atoms with Crippen molar-refractivity contribution in [3.63, 3.8) is 0 Å². The summed E-state index contributed by atoms with van der Waals surface area (Å²) in [6.07, 6.45) is 9.56. The molecule has 0 spiro atoms. The van der Waals surface area contributed by atoms with Gasteiger partial charge >= 0.3 is 0 Å². The third kappa shape index (κ3) is 3.45. The second kappa shape index (κ2) is 7.33. The van der Waals surface area contributed by atoms with Crippen molar-refractivity contribution in [3.8, 4) is 0 Å². The van der Waals surface area contributed by atoms with Crippen LogP contribution in [0, 0.1) is 11.8 Å². The van der Waals surface area contributed by atoms with Crippen molar-refractivity contribution in [3.05, 3.63) is 47.5 Å². The van der Waals surface area contributed by atoms with Gasteiger partial charge in [0.2, 0.25) is 0 Å². The molecule has 3 rings (SSSR count). The Morgan fingerprint density at radius 2 is 1.96 bits per heavy atom. The van der Waals surface area contributed by atoms with Crippen LogP contribution in [0.1, 0.15) is 65.9 Å². The van der Waals surface area contributed by atoms with Crippen molar-refractivity contribution in [1.29, 1.82) is 0 Å². The molecule has 24 heavy (non-hydrogen) atoms. The van der Waals surface area contributed by atoms with Crippen LogP contribution in [0.15, 0.2) is 30.9 Å². The Morgan fingerprint density at radius 3 is 2.71 bits per heavy atom. The van der Waals surface area contributed by atoms with Gasteiger partial charge in [0.1, 0.15) is 0 Å². The summed E-state index contributed by atoms with van der Waals surface area (Å²) in [6, 6.07) is 6.04. The van der Waals surface area contributed by atoms with E-state index in [1.165, 1.54) is 50.2 Å². The third-order valence-electron chi connectivity index (χ3n) is 5.87. The minimum absolute atomic E-state index is 0.00280. The van der Waals surface area contributed by atoms with E-state index in [-0.39, 0.29) is 11.7 Å². The number of allylic oxidation sites excluding steroid dienone is 1. The molecule has 2 fully saturated rings. The average Bonchev–Trinajstić information content (AvgIpc) is 3.04. The van der Waals surface area contributed by atoms with Crippen LogP contribution in [-0.4, -0.2) is 18.7 Å². The van der Waals surface area contributed by atoms with Crippen LogP contribution in [0.4, 0.5) is 0 Å². The summed E-state index contributed by atoms with van der Waals surface area (Å²) in [4.78, 5) is 23.9. The predicted octanol–water partition coefficient (Wildman–Crippen LogP) is 4.03. The lowest BCUT2D eigenvalue weighted by Gasteiger charge is -2.30. The number of fused-ring (bicyclic) bond motifs is 1. The molecule has 2 aliphatic carbocycles. The molecule has 0 heterocycles. The number of carbonyl (C=O) groups is 2. The quantitative estimate of drug-likeness (QED) is 0.831. The number of amides is 1. The first-order valence-corrected chi connectivity index (χ1v) is 9.13. The van der Waals surface area contributed by atoms with E-state index in [4.69, 9.17) is 0 Å². The Hall–Kier alpha value is -1.90. The molecule has 0 aromatic heterocycles. The molecule has 1 aromatic rings. The molecule has 1 aromatic carbocycles. The van der Waals surface area contributed by atoms with E-state index in [0.717, 1.165) is 17.4 Å². The Labute approximate surface area is 144 Å². The van der Waals surface area contributed by atoms with Gasteiger partial charge in [-0.05, 0) is 66.4 Å². The molecule has 1 N–H and O–H groups in total. The summed E-state index contributed by atoms with van der Waals surface area (Å²) < 4.78 is 0. The Morgan fingerprint density at radius 1 is 1.17 bits per heavy atom. The minimum Gasteiger partial charge on any atom is -0.355 e. The maximum atomic E-state index is 12.2. The van der Waals surface area contributed by atoms with Crippen LogP contribution in [0.5, 0.6) is 0 Å². The van der Waals surface area contributed by atoms with E-state index in [0.29, 0.717) is 17.9 Å². The molecule has 3 nitrogen and oxygen atoms in total. The summed E-state index contributed by atoms with van der Waals surface area (Å²) in [7, 11) is 1.65. The van der Waals surface area contributed by atoms with Crippen molar-refractivity contribution >= 4 is 11.7 Å². The number of carbonyl (C=O) groups excluding carboxylic acids is 2. The molecule has 3 atom stereocenters. The van der Waals surface area contributed by atoms with Crippen molar-refractivity contribution in [2.45, 2.75) is 50.9 Å². The zero-order chi connectivity index (χ0) is 17.1. The van der Waals surface area contributed by atoms with Crippen LogP contribution >= 0.6 is 0 Å². The first kappa shape index (κ1) is 16.9. The monoisotopic (exact) mass is 325 g/mol. The van der Waals surface area contributed by atoms with E-state index < -0.39 is 0 Å². The Bertz CT molecular complexity index is 649. The Balaban J connectivity index is 1.93. The maximum Gasteiger partial charge on any atom is 0.251 e. The Kier molecular flexibility index (Phi) is 5.17. The summed E-state index contributed by atoms with van der Waals surface area (Å²) in [5.41, 5.74) is 2.84. The highest BCUT2D eigenvalue weighted by molar-refractivity contribution is 5.95. The van der Waals surface area contributed by atoms with Gasteiger partial charge in [0.05, 0.1) is 0 Å². The van der Waals surface area contributed by atoms with Crippen LogP contribution < -0.4 is 5.32 Å². The molecule has 0 bridgehead atoms. The van der Waals surface area contributed by atoms with Crippen LogP contribution in [0.3, 0.4) is 0 Å². The lowest BCUT2D eigenvalue weighted by atomic mass is 9.75. The number of nitrogens with one attached hydrogen (secondary N) is 1. The van der Waals surface area contributed by atoms with Crippen LogP contribution in [0.2, 0.25) is 0 Å². The van der Waals surface area contributed by atoms with Gasteiger partial charge in [0.15, 0.2) is 5.78 Å². The van der Waals surface area contributed by atoms with E-state index in [1.807, 2.05) is 12.1 Å². The SMILES string of the molecule is C=CC(=O)Cc1cc(C(=O)NC)cc(C2CCC3CCCCC32)c1. The largest absolute Gasteiger partial charge is 0.355 e. The van der Waals surface area contributed by atoms with Gasteiger partial charge in [0, 0.05) is 19.0 Å². The smallest absolute Gasteiger partial charge is 0.251 e. The van der Waals surface area contributed by atoms with Gasteiger partial charge in [-0.25, -0.2) is 0 Å². The highest BCUT2D eigenvalue weighted by Gasteiger charge is 2.38. The second-order valence-electron chi connectivity index (χ2n) is 7.28. The highest BCUT2D eigenvalue weighted by Crippen LogP contribution is 2.50. The normalized spacial score (nSPS) is 25.8. The van der Waals surface area contributed by atoms with Crippen molar-refractivity contribution in [2.75, 3.05) is 7.05 Å². The first-order chi connectivity index (χ1) is 11.6. The van der Waals surface area contributed by atoms with Gasteiger partial charge in [0.25, 0.3) is 5.91 Å². The summed E-state index contributed by atoms with van der Waals surface area (Å²) >= 11 is 0. The van der Waals surface area contributed by atoms with Crippen molar-refractivity contribution in [2.24, 2.45) is 11.8 Å². The van der Waals surface area contributed by atoms with Crippen LogP contribution in [0.25, 0.3) is 0 Å². The van der Waals surface area contributed by atoms with Crippen LogP contribution in [-0.2, 0) is 11.2 Å². The number of rotatable bonds is 5. The fourth-order valence-corrected chi connectivity index (χ4v) is 4.73. The molecule has 0 saturated heterocycles. The summed E-state index contributed by atoms with van der Waals surface area (Å²) in [6.45, 7) is 3.56. The number of hydrogen-bond donors (Lipinski definition) is 1. The molecule has 128 valence electrons. The van der Waals surface area contributed by atoms with Gasteiger partial charge in [-0.3, -0.25) is 9.59 Å². The number of hydrogen-bond acceptors (Lipinski definition) is 2. The van der Waals surface area contributed by atoms with E-state index in [9.17, 15) is 9.59 Å². The highest BCUT2D eigenvalue weighted by atomic mass is 16.1. The topological polar surface area (TPSA) is 46.2 Å². The third-order valence-corrected chi connectivity index (χ3v) is 5.87. The standard InChI is InChI=1S/C21H27NO2/c1-3-18(23)12-14-10-16(13-17(11-14)21(24)22-2)20-9-8-15-6-4-5-7-19(15)20/h3,10-11,13,15,19-20H,1,4-9,12H2,2H3,(H,22,24). The maximum absolute atomic E-state index is 12.2. The molecule has 3 unspecified atom stereocenters. The van der Waals surface area contributed by atoms with Gasteiger partial charge < -0.3 is 5.32 Å². The zero-order valence-corrected chi connectivity index (χ0v) is 14.5. The fourth-order valence-electron chi connectivity index (χ4n) is 4.73. The predicted molar refractivity (Wildman–Crippen MR) is 96.2 cm³/mol. The fraction of sp³-hybridized carbons (Fsp3) is 0.524. The zero-order valence-electron chi connectivity index (χ0n) is 14.5. The second-order valence-corrected chi connectivity index (χ2v) is 7.28. The first-order valence-electron chi connectivity index (χ1n) is 9.13. The molecular weight excluding hydrogens is 298 g/mol. The molecule has 1 amide bonds. The minimum atomic E-state index is -0.0812. The van der Waals surface area contributed by atoms with Crippen molar-refractivity contribution in [1.82, 2.24) is 5.32 Å². The van der Waals surface area contributed by atoms with E-state index in [1.54, 1.807) is 7.05 Å². The van der Waals surface area contributed by atoms with E-state index >= 15 is 0 Å². The summed E-state index contributed by atoms with van der Waals surface area (Å²) in [5.74, 6) is 2.06. The van der Waals surface area contributed by atoms with Crippen molar-refractivity contribution < 1.29 is 9.59 Å². The number of benzene rings is 1.